The molecule has 15 heavy (non-hydrogen) atoms. The summed E-state index contributed by atoms with van der Waals surface area (Å²) in [4.78, 5) is 21.9. The van der Waals surface area contributed by atoms with Crippen LogP contribution in [0.2, 0.25) is 0 Å². The van der Waals surface area contributed by atoms with Gasteiger partial charge in [0.05, 0.1) is 12.5 Å². The normalized spacial score (nSPS) is 11.8. The first-order valence-electron chi connectivity index (χ1n) is 4.65. The summed E-state index contributed by atoms with van der Waals surface area (Å²) in [5, 5.41) is 2.58. The minimum atomic E-state index is -0.496. The molecule has 0 bridgehead atoms. The van der Waals surface area contributed by atoms with Crippen molar-refractivity contribution in [2.24, 2.45) is 0 Å². The summed E-state index contributed by atoms with van der Waals surface area (Å²) < 4.78 is 0. The van der Waals surface area contributed by atoms with Gasteiger partial charge in [-0.3, -0.25) is 4.79 Å². The van der Waals surface area contributed by atoms with Gasteiger partial charge in [-0.1, -0.05) is 30.3 Å². The van der Waals surface area contributed by atoms with Crippen LogP contribution in [-0.2, 0) is 16.0 Å². The molecule has 0 saturated carbocycles. The van der Waals surface area contributed by atoms with E-state index >= 15 is 0 Å². The molecular formula is C11H13NO2S. The Balaban J connectivity index is 2.46. The van der Waals surface area contributed by atoms with Gasteiger partial charge in [-0.05, 0) is 5.56 Å². The van der Waals surface area contributed by atoms with Crippen molar-refractivity contribution in [3.63, 3.8) is 0 Å². The van der Waals surface area contributed by atoms with E-state index in [1.165, 1.54) is 0 Å². The summed E-state index contributed by atoms with van der Waals surface area (Å²) in [5.74, 6) is 0.164. The van der Waals surface area contributed by atoms with Gasteiger partial charge in [0, 0.05) is 5.75 Å². The summed E-state index contributed by atoms with van der Waals surface area (Å²) in [6, 6.07) is 8.89. The Morgan fingerprint density at radius 1 is 1.40 bits per heavy atom. The molecule has 0 unspecified atom stereocenters. The van der Waals surface area contributed by atoms with Crippen molar-refractivity contribution in [3.05, 3.63) is 35.9 Å². The van der Waals surface area contributed by atoms with Crippen molar-refractivity contribution < 1.29 is 9.59 Å². The standard InChI is InChI=1S/C11H13NO2S/c13-7-10(8-15)12-11(14)6-9-4-2-1-3-5-9/h1-5,7,10,15H,6,8H2,(H,12,14)/t10-/m1/s1. The molecule has 0 fully saturated rings. The average Bonchev–Trinajstić information content (AvgIpc) is 2.27. The van der Waals surface area contributed by atoms with Gasteiger partial charge in [0.15, 0.2) is 0 Å². The molecule has 4 heteroatoms. The Bertz CT molecular complexity index is 327. The smallest absolute Gasteiger partial charge is 0.225 e. The van der Waals surface area contributed by atoms with Crippen molar-refractivity contribution in [1.29, 1.82) is 0 Å². The van der Waals surface area contributed by atoms with E-state index in [2.05, 4.69) is 17.9 Å². The zero-order valence-corrected chi connectivity index (χ0v) is 9.11. The number of benzene rings is 1. The van der Waals surface area contributed by atoms with Crippen molar-refractivity contribution in [1.82, 2.24) is 5.32 Å². The van der Waals surface area contributed by atoms with E-state index in [1.54, 1.807) is 0 Å². The fraction of sp³-hybridized carbons (Fsp3) is 0.273. The Kier molecular flexibility index (Phi) is 4.90. The lowest BCUT2D eigenvalue weighted by Gasteiger charge is -2.09. The molecule has 3 nitrogen and oxygen atoms in total. The molecule has 1 rings (SSSR count). The number of hydrogen-bond acceptors (Lipinski definition) is 3. The Morgan fingerprint density at radius 3 is 2.60 bits per heavy atom. The fourth-order valence-electron chi connectivity index (χ4n) is 1.16. The van der Waals surface area contributed by atoms with Crippen LogP contribution in [0.5, 0.6) is 0 Å². The van der Waals surface area contributed by atoms with Crippen LogP contribution < -0.4 is 5.32 Å². The van der Waals surface area contributed by atoms with Crippen molar-refractivity contribution in [2.45, 2.75) is 12.5 Å². The van der Waals surface area contributed by atoms with Crippen LogP contribution in [0.3, 0.4) is 0 Å². The maximum absolute atomic E-state index is 11.4. The summed E-state index contributed by atoms with van der Waals surface area (Å²) in [5.41, 5.74) is 0.929. The first-order valence-corrected chi connectivity index (χ1v) is 5.29. The van der Waals surface area contributed by atoms with E-state index < -0.39 is 6.04 Å². The van der Waals surface area contributed by atoms with Crippen LogP contribution in [0.1, 0.15) is 5.56 Å². The minimum absolute atomic E-state index is 0.160. The summed E-state index contributed by atoms with van der Waals surface area (Å²) in [7, 11) is 0. The zero-order chi connectivity index (χ0) is 11.1. The van der Waals surface area contributed by atoms with Crippen molar-refractivity contribution >= 4 is 24.8 Å². The lowest BCUT2D eigenvalue weighted by atomic mass is 10.1. The number of carbonyl (C=O) groups excluding carboxylic acids is 2. The third-order valence-corrected chi connectivity index (χ3v) is 2.31. The van der Waals surface area contributed by atoms with E-state index in [4.69, 9.17) is 0 Å². The predicted molar refractivity (Wildman–Crippen MR) is 62.0 cm³/mol. The van der Waals surface area contributed by atoms with Gasteiger partial charge in [0.2, 0.25) is 5.91 Å². The van der Waals surface area contributed by atoms with Crippen LogP contribution in [0.4, 0.5) is 0 Å². The van der Waals surface area contributed by atoms with Crippen LogP contribution in [0, 0.1) is 0 Å². The molecule has 0 aliphatic rings. The van der Waals surface area contributed by atoms with Crippen LogP contribution in [-0.4, -0.2) is 24.0 Å². The number of thiol groups is 1. The number of aldehydes is 1. The van der Waals surface area contributed by atoms with E-state index in [0.29, 0.717) is 18.5 Å². The molecule has 1 N–H and O–H groups in total. The predicted octanol–water partition coefficient (Wildman–Crippen LogP) is 0.843. The molecule has 1 amide bonds. The molecule has 0 radical (unpaired) electrons. The molecule has 1 aromatic carbocycles. The van der Waals surface area contributed by atoms with Gasteiger partial charge in [-0.2, -0.15) is 12.6 Å². The molecule has 80 valence electrons. The minimum Gasteiger partial charge on any atom is -0.345 e. The summed E-state index contributed by atoms with van der Waals surface area (Å²) >= 11 is 3.95. The van der Waals surface area contributed by atoms with Gasteiger partial charge < -0.3 is 10.1 Å². The topological polar surface area (TPSA) is 46.2 Å². The van der Waals surface area contributed by atoms with Crippen LogP contribution in [0.15, 0.2) is 30.3 Å². The quantitative estimate of drug-likeness (QED) is 0.574. The van der Waals surface area contributed by atoms with Crippen molar-refractivity contribution in [3.8, 4) is 0 Å². The molecule has 0 aliphatic heterocycles. The van der Waals surface area contributed by atoms with Crippen LogP contribution in [0.25, 0.3) is 0 Å². The van der Waals surface area contributed by atoms with Gasteiger partial charge in [0.25, 0.3) is 0 Å². The van der Waals surface area contributed by atoms with Gasteiger partial charge in [0.1, 0.15) is 6.29 Å². The largest absolute Gasteiger partial charge is 0.345 e. The highest BCUT2D eigenvalue weighted by molar-refractivity contribution is 7.80. The molecule has 0 aromatic heterocycles. The zero-order valence-electron chi connectivity index (χ0n) is 8.22. The Hall–Kier alpha value is -1.29. The summed E-state index contributed by atoms with van der Waals surface area (Å²) in [6.45, 7) is 0. The molecule has 1 aromatic rings. The maximum Gasteiger partial charge on any atom is 0.225 e. The summed E-state index contributed by atoms with van der Waals surface area (Å²) in [6.07, 6.45) is 0.981. The molecule has 0 heterocycles. The maximum atomic E-state index is 11.4. The second kappa shape index (κ2) is 6.24. The van der Waals surface area contributed by atoms with Crippen LogP contribution >= 0.6 is 12.6 Å². The van der Waals surface area contributed by atoms with E-state index in [9.17, 15) is 9.59 Å². The molecule has 0 spiro atoms. The second-order valence-electron chi connectivity index (χ2n) is 3.16. The fourth-order valence-corrected chi connectivity index (χ4v) is 1.34. The number of amides is 1. The van der Waals surface area contributed by atoms with Gasteiger partial charge in [-0.15, -0.1) is 0 Å². The Morgan fingerprint density at radius 2 is 2.07 bits per heavy atom. The van der Waals surface area contributed by atoms with E-state index in [0.717, 1.165) is 5.56 Å². The molecule has 0 saturated heterocycles. The molecular weight excluding hydrogens is 210 g/mol. The van der Waals surface area contributed by atoms with Gasteiger partial charge >= 0.3 is 0 Å². The first kappa shape index (κ1) is 11.8. The highest BCUT2D eigenvalue weighted by atomic mass is 32.1. The van der Waals surface area contributed by atoms with E-state index in [1.807, 2.05) is 30.3 Å². The SMILES string of the molecule is O=C[C@H](CS)NC(=O)Cc1ccccc1. The first-order chi connectivity index (χ1) is 7.26. The third-order valence-electron chi connectivity index (χ3n) is 1.91. The number of hydrogen-bond donors (Lipinski definition) is 2. The highest BCUT2D eigenvalue weighted by Crippen LogP contribution is 1.99. The second-order valence-corrected chi connectivity index (χ2v) is 3.52. The number of nitrogens with one attached hydrogen (secondary N) is 1. The Labute approximate surface area is 94.3 Å². The molecule has 1 atom stereocenters. The molecule has 0 aliphatic carbocycles. The van der Waals surface area contributed by atoms with Crippen molar-refractivity contribution in [2.75, 3.05) is 5.75 Å². The average molecular weight is 223 g/mol. The van der Waals surface area contributed by atoms with E-state index in [-0.39, 0.29) is 5.91 Å². The van der Waals surface area contributed by atoms with Gasteiger partial charge in [-0.25, -0.2) is 0 Å². The number of rotatable bonds is 5. The monoisotopic (exact) mass is 223 g/mol. The third kappa shape index (κ3) is 4.16. The highest BCUT2D eigenvalue weighted by Gasteiger charge is 2.09. The number of carbonyl (C=O) groups is 2. The lowest BCUT2D eigenvalue weighted by molar-refractivity contribution is -0.123. The lowest BCUT2D eigenvalue weighted by Crippen LogP contribution is -2.38.